The monoisotopic (exact) mass is 585 g/mol. The van der Waals surface area contributed by atoms with Gasteiger partial charge in [-0.1, -0.05) is 6.07 Å². The van der Waals surface area contributed by atoms with Gasteiger partial charge in [-0.2, -0.15) is 9.97 Å². The summed E-state index contributed by atoms with van der Waals surface area (Å²) in [5.41, 5.74) is -0.165. The summed E-state index contributed by atoms with van der Waals surface area (Å²) in [5.74, 6) is -1.56. The molecule has 5 fully saturated rings. The molecule has 0 spiro atoms. The summed E-state index contributed by atoms with van der Waals surface area (Å²) >= 11 is 0. The lowest BCUT2D eigenvalue weighted by Crippen LogP contribution is -2.61. The van der Waals surface area contributed by atoms with E-state index in [1.54, 1.807) is 4.90 Å². The van der Waals surface area contributed by atoms with Gasteiger partial charge in [0.05, 0.1) is 27.6 Å². The van der Waals surface area contributed by atoms with Crippen molar-refractivity contribution in [1.82, 2.24) is 20.2 Å². The second kappa shape index (κ2) is 9.87. The summed E-state index contributed by atoms with van der Waals surface area (Å²) in [6, 6.07) is 5.25. The van der Waals surface area contributed by atoms with Crippen molar-refractivity contribution in [1.29, 1.82) is 0 Å². The highest BCUT2D eigenvalue weighted by molar-refractivity contribution is 5.96. The zero-order chi connectivity index (χ0) is 33.1. The number of rotatable bonds is 5. The van der Waals surface area contributed by atoms with E-state index in [-0.39, 0.29) is 54.3 Å². The fourth-order valence-electron chi connectivity index (χ4n) is 7.36. The smallest absolute Gasteiger partial charge is 0.318 e. The predicted molar refractivity (Wildman–Crippen MR) is 153 cm³/mol. The molecule has 4 atom stereocenters. The highest BCUT2D eigenvalue weighted by Gasteiger charge is 2.49. The van der Waals surface area contributed by atoms with E-state index >= 15 is 8.78 Å². The molecule has 2 N–H and O–H groups in total. The lowest BCUT2D eigenvalue weighted by molar-refractivity contribution is 0.107. The number of alkyl halides is 1. The first kappa shape index (κ1) is 21.4. The van der Waals surface area contributed by atoms with E-state index in [2.05, 4.69) is 15.2 Å². The third-order valence-corrected chi connectivity index (χ3v) is 9.46. The van der Waals surface area contributed by atoms with Crippen molar-refractivity contribution in [3.63, 3.8) is 0 Å². The van der Waals surface area contributed by atoms with Gasteiger partial charge in [-0.3, -0.25) is 4.90 Å². The second-order valence-corrected chi connectivity index (χ2v) is 12.0. The van der Waals surface area contributed by atoms with Crippen LogP contribution in [0.4, 0.5) is 24.7 Å². The maximum absolute atomic E-state index is 15.2. The van der Waals surface area contributed by atoms with E-state index in [1.165, 1.54) is 18.2 Å². The van der Waals surface area contributed by atoms with Crippen LogP contribution in [0.25, 0.3) is 10.8 Å². The van der Waals surface area contributed by atoms with E-state index in [1.807, 2.05) is 0 Å². The number of aromatic nitrogens is 2. The first-order chi connectivity index (χ1) is 22.2. The average molecular weight is 586 g/mol. The molecule has 42 heavy (non-hydrogen) atoms. The number of ether oxygens (including phenoxy) is 1. The molecular formula is C31H35F3N6O2. The first-order valence-corrected chi connectivity index (χ1v) is 14.6. The zero-order valence-electron chi connectivity index (χ0n) is 28.0. The van der Waals surface area contributed by atoms with E-state index in [0.717, 1.165) is 35.9 Å². The minimum absolute atomic E-state index is 0.0220. The lowest BCUT2D eigenvalue weighted by Gasteiger charge is -2.47. The van der Waals surface area contributed by atoms with E-state index < -0.39 is 49.3 Å². The summed E-state index contributed by atoms with van der Waals surface area (Å²) < 4.78 is 93.7. The van der Waals surface area contributed by atoms with Crippen molar-refractivity contribution in [2.45, 2.75) is 68.8 Å². The number of halogens is 3. The molecule has 0 aliphatic carbocycles. The number of aromatic hydroxyl groups is 1. The van der Waals surface area contributed by atoms with Crippen molar-refractivity contribution in [3.8, 4) is 11.8 Å². The van der Waals surface area contributed by atoms with Crippen LogP contribution in [-0.4, -0.2) is 83.0 Å². The molecule has 222 valence electrons. The van der Waals surface area contributed by atoms with Crippen LogP contribution in [0, 0.1) is 11.6 Å². The third-order valence-electron chi connectivity index (χ3n) is 9.46. The number of phenolic OH excluding ortho intramolecular Hbond substituents is 1. The van der Waals surface area contributed by atoms with Gasteiger partial charge in [0.15, 0.2) is 11.6 Å². The Morgan fingerprint density at radius 2 is 2.14 bits per heavy atom. The maximum atomic E-state index is 15.2. The first-order valence-electron chi connectivity index (χ1n) is 17.1. The molecule has 7 heterocycles. The molecular weight excluding hydrogens is 545 g/mol. The molecule has 5 saturated heterocycles. The highest BCUT2D eigenvalue weighted by Crippen LogP contribution is 2.42. The normalized spacial score (nSPS) is 33.9. The molecule has 1 aromatic heterocycles. The molecule has 8 nitrogen and oxygen atoms in total. The van der Waals surface area contributed by atoms with Crippen LogP contribution >= 0.6 is 0 Å². The molecule has 6 aliphatic rings. The highest BCUT2D eigenvalue weighted by atomic mass is 19.2. The predicted octanol–water partition coefficient (Wildman–Crippen LogP) is 4.07. The Morgan fingerprint density at radius 3 is 2.95 bits per heavy atom. The topological polar surface area (TPSA) is 77.0 Å². The van der Waals surface area contributed by atoms with Crippen molar-refractivity contribution < 1.29 is 29.9 Å². The van der Waals surface area contributed by atoms with Crippen molar-refractivity contribution in [3.05, 3.63) is 47.2 Å². The van der Waals surface area contributed by atoms with Crippen LogP contribution in [-0.2, 0) is 13.0 Å². The number of hydrogen-bond donors (Lipinski definition) is 2. The van der Waals surface area contributed by atoms with Gasteiger partial charge in [-0.05, 0) is 56.1 Å². The number of nitrogens with zero attached hydrogens (tertiary/aromatic N) is 5. The largest absolute Gasteiger partial charge is 0.508 e. The Labute approximate surface area is 249 Å². The van der Waals surface area contributed by atoms with E-state index in [0.29, 0.717) is 36.4 Å². The van der Waals surface area contributed by atoms with Crippen LogP contribution in [0.1, 0.15) is 50.2 Å². The maximum Gasteiger partial charge on any atom is 0.318 e. The molecule has 6 aliphatic heterocycles. The Hall–Kier alpha value is -3.31. The van der Waals surface area contributed by atoms with Gasteiger partial charge in [0.25, 0.3) is 0 Å². The second-order valence-electron chi connectivity index (χ2n) is 12.0. The number of phenols is 1. The third kappa shape index (κ3) is 4.26. The summed E-state index contributed by atoms with van der Waals surface area (Å²) in [5, 5.41) is 14.4. The van der Waals surface area contributed by atoms with Crippen LogP contribution in [0.5, 0.6) is 11.8 Å². The van der Waals surface area contributed by atoms with Crippen LogP contribution < -0.4 is 19.9 Å². The molecule has 3 aromatic rings. The molecule has 2 unspecified atom stereocenters. The number of fused-ring (bicyclic) bond motifs is 6. The summed E-state index contributed by atoms with van der Waals surface area (Å²) in [7, 11) is 0. The summed E-state index contributed by atoms with van der Waals surface area (Å²) in [6.07, 6.45) is -0.867. The van der Waals surface area contributed by atoms with Crippen LogP contribution in [0.15, 0.2) is 24.3 Å². The fourth-order valence-corrected chi connectivity index (χ4v) is 7.36. The molecule has 9 rings (SSSR count). The Bertz CT molecular complexity index is 1780. The van der Waals surface area contributed by atoms with Gasteiger partial charge in [0, 0.05) is 64.4 Å². The van der Waals surface area contributed by atoms with Gasteiger partial charge in [0.1, 0.15) is 24.3 Å². The SMILES string of the molecule is [2H]C1([2H])CC[C@@]2(C([2H])([2H])Oc3nc4c(c(N5CC6CCC5CN6)n3)CCN(c3cc(O)cc5ccc(F)c(F)c35)C4)C[C@@]([2H])(F)CN12. The Morgan fingerprint density at radius 1 is 1.24 bits per heavy atom. The van der Waals surface area contributed by atoms with Crippen molar-refractivity contribution in [2.75, 3.05) is 49.0 Å². The molecule has 2 bridgehead atoms. The minimum Gasteiger partial charge on any atom is -0.508 e. The number of nitrogens with one attached hydrogen (secondary N) is 1. The van der Waals surface area contributed by atoms with Crippen LogP contribution in [0.3, 0.4) is 0 Å². The van der Waals surface area contributed by atoms with Gasteiger partial charge in [0.2, 0.25) is 0 Å². The molecule has 2 aromatic carbocycles. The number of hydrogen-bond acceptors (Lipinski definition) is 8. The molecule has 0 saturated carbocycles. The number of benzene rings is 2. The summed E-state index contributed by atoms with van der Waals surface area (Å²) in [4.78, 5) is 14.5. The molecule has 0 amide bonds. The zero-order valence-corrected chi connectivity index (χ0v) is 23.0. The van der Waals surface area contributed by atoms with Crippen molar-refractivity contribution >= 4 is 22.3 Å². The standard InChI is InChI=1S/C31H35F3N6O2/c32-19-12-31(7-1-8-39(31)14-19)17-42-30-36-25-16-38(26-11-22(41)10-18-2-5-24(33)28(34)27(18)26)9-6-23(25)29(37-30)40-15-20-3-4-21(40)13-35-20/h2,5,10-11,19-21,35,41H,1,3-4,6-9,12-17H2/t19-,20?,21?,31+/m1/s1/i8D2,17D2,19D. The summed E-state index contributed by atoms with van der Waals surface area (Å²) in [6.45, 7) is -3.38. The van der Waals surface area contributed by atoms with Crippen LogP contribution in [0.2, 0.25) is 0 Å². The quantitative estimate of drug-likeness (QED) is 0.464. The van der Waals surface area contributed by atoms with Gasteiger partial charge in [-0.15, -0.1) is 0 Å². The number of anilines is 2. The average Bonchev–Trinajstić information content (AvgIpc) is 3.47. The minimum atomic E-state index is -2.67. The van der Waals surface area contributed by atoms with E-state index in [4.69, 9.17) is 16.6 Å². The lowest BCUT2D eigenvalue weighted by atomic mass is 9.92. The Balaban J connectivity index is 1.21. The molecule has 0 radical (unpaired) electrons. The number of piperidine rings is 2. The fraction of sp³-hybridized carbons (Fsp3) is 0.548. The Kier molecular flexibility index (Phi) is 5.03. The van der Waals surface area contributed by atoms with E-state index in [9.17, 15) is 9.50 Å². The van der Waals surface area contributed by atoms with Gasteiger partial charge < -0.3 is 25.0 Å². The van der Waals surface area contributed by atoms with Crippen molar-refractivity contribution in [2.24, 2.45) is 0 Å². The number of piperazine rings is 1. The van der Waals surface area contributed by atoms with Gasteiger partial charge >= 0.3 is 6.01 Å². The molecule has 11 heteroatoms. The van der Waals surface area contributed by atoms with Gasteiger partial charge in [-0.25, -0.2) is 13.2 Å².